The number of nitrogens with zero attached hydrogens (tertiary/aromatic N) is 13. The smallest absolute Gasteiger partial charge is 0.321 e. The van der Waals surface area contributed by atoms with Gasteiger partial charge in [-0.25, -0.2) is 15.0 Å². The zero-order chi connectivity index (χ0) is 81.0. The van der Waals surface area contributed by atoms with E-state index < -0.39 is 0 Å². The van der Waals surface area contributed by atoms with Crippen LogP contribution in [0.2, 0.25) is 0 Å². The molecule has 0 bridgehead atoms. The summed E-state index contributed by atoms with van der Waals surface area (Å²) in [4.78, 5) is 33.4. The van der Waals surface area contributed by atoms with Gasteiger partial charge >= 0.3 is 5.82 Å². The van der Waals surface area contributed by atoms with Gasteiger partial charge in [0.25, 0.3) is 0 Å². The SMILES string of the molecule is c1ccc(-c2nc3ccc4c(c5ccccc5n4-c4cccc(-c5cnc6c(ccc7cccnc76)c5)c4)c3o2)cc1.c1ccc(-c2nc3ccc4c(c5ccccc5n4-c4cccc(-c5n(-c6ccccc6)cn[n+]5-c5ccccc5)c4)c3o2)cc1.c1ccc(-c2nc3ccc4c(c5ccccc5n4-c4cnc5c(ccc6cccnc65)c4)c3o2)cc1. The lowest BCUT2D eigenvalue weighted by atomic mass is 10.0. The third kappa shape index (κ3) is 11.9. The molecule has 11 heterocycles. The van der Waals surface area contributed by atoms with Crippen LogP contribution in [0.15, 0.2) is 414 Å². The van der Waals surface area contributed by atoms with Crippen molar-refractivity contribution >= 4 is 142 Å². The molecule has 0 N–H and O–H groups in total. The maximum Gasteiger partial charge on any atom is 0.321 e. The number of rotatable bonds is 10. The quantitative estimate of drug-likeness (QED) is 0.0944. The molecular weight excluding hydrogens is 1520 g/mol. The second-order valence-corrected chi connectivity index (χ2v) is 30.5. The van der Waals surface area contributed by atoms with E-state index in [1.165, 1.54) is 0 Å². The van der Waals surface area contributed by atoms with Gasteiger partial charge in [0, 0.05) is 89.9 Å². The minimum absolute atomic E-state index is 0.622. The predicted octanol–water partition coefficient (Wildman–Crippen LogP) is 25.8. The Morgan fingerprint density at radius 2 is 0.634 bits per heavy atom. The molecule has 0 saturated carbocycles. The minimum Gasteiger partial charge on any atom is -0.435 e. The lowest BCUT2D eigenvalue weighted by Gasteiger charge is -2.11. The van der Waals surface area contributed by atoms with Crippen molar-refractivity contribution in [2.45, 2.75) is 0 Å². The average molecular weight is 1580 g/mol. The maximum absolute atomic E-state index is 6.50. The largest absolute Gasteiger partial charge is 0.435 e. The molecule has 0 amide bonds. The van der Waals surface area contributed by atoms with Gasteiger partial charge in [0.1, 0.15) is 22.2 Å². The van der Waals surface area contributed by atoms with Crippen LogP contribution < -0.4 is 4.68 Å². The number of hydrogen-bond donors (Lipinski definition) is 0. The minimum atomic E-state index is 0.622. The molecule has 0 fully saturated rings. The van der Waals surface area contributed by atoms with Gasteiger partial charge in [-0.15, -0.1) is 0 Å². The number of hydrogen-bond acceptors (Lipinski definition) is 11. The Hall–Kier alpha value is -17.1. The molecular formula is C107H66N13O3+. The molecule has 16 heteroatoms. The van der Waals surface area contributed by atoms with Crippen molar-refractivity contribution < 1.29 is 17.9 Å². The topological polar surface area (TPSA) is 166 Å². The van der Waals surface area contributed by atoms with Crippen LogP contribution in [-0.4, -0.2) is 58.3 Å². The van der Waals surface area contributed by atoms with E-state index >= 15 is 0 Å². The van der Waals surface area contributed by atoms with Crippen LogP contribution >= 0.6 is 0 Å². The Kier molecular flexibility index (Phi) is 16.5. The van der Waals surface area contributed by atoms with Crippen LogP contribution in [0.3, 0.4) is 0 Å². The first-order chi connectivity index (χ1) is 61.0. The molecule has 15 aromatic carbocycles. The number of pyridine rings is 4. The van der Waals surface area contributed by atoms with Gasteiger partial charge in [-0.1, -0.05) is 205 Å². The number of oxazole rings is 3. The summed E-state index contributed by atoms with van der Waals surface area (Å²) in [6.45, 7) is 0. The predicted molar refractivity (Wildman–Crippen MR) is 492 cm³/mol. The second-order valence-electron chi connectivity index (χ2n) is 30.5. The lowest BCUT2D eigenvalue weighted by molar-refractivity contribution is -0.646. The van der Waals surface area contributed by atoms with Crippen molar-refractivity contribution in [1.29, 1.82) is 0 Å². The zero-order valence-electron chi connectivity index (χ0n) is 65.6. The molecule has 0 radical (unpaired) electrons. The molecule has 0 spiro atoms. The van der Waals surface area contributed by atoms with Crippen molar-refractivity contribution in [3.8, 4) is 85.3 Å². The number of fused-ring (bicyclic) bond motifs is 21. The molecule has 0 saturated heterocycles. The van der Waals surface area contributed by atoms with E-state index in [1.54, 1.807) is 0 Å². The summed E-state index contributed by atoms with van der Waals surface area (Å²) in [6, 6.07) is 127. The molecule has 0 atom stereocenters. The Morgan fingerprint density at radius 1 is 0.252 bits per heavy atom. The van der Waals surface area contributed by atoms with Gasteiger partial charge in [0.15, 0.2) is 22.4 Å². The monoisotopic (exact) mass is 1580 g/mol. The Labute approximate surface area is 700 Å². The van der Waals surface area contributed by atoms with Crippen LogP contribution in [0.5, 0.6) is 0 Å². The van der Waals surface area contributed by atoms with Crippen molar-refractivity contribution in [2.75, 3.05) is 0 Å². The van der Waals surface area contributed by atoms with Crippen LogP contribution in [0.4, 0.5) is 0 Å². The van der Waals surface area contributed by atoms with Gasteiger partial charge in [0.05, 0.1) is 88.8 Å². The highest BCUT2D eigenvalue weighted by Crippen LogP contribution is 2.44. The summed E-state index contributed by atoms with van der Waals surface area (Å²) >= 11 is 0. The Morgan fingerprint density at radius 3 is 1.12 bits per heavy atom. The van der Waals surface area contributed by atoms with Gasteiger partial charge in [-0.05, 0) is 181 Å². The molecule has 0 aliphatic carbocycles. The molecule has 26 rings (SSSR count). The summed E-state index contributed by atoms with van der Waals surface area (Å²) in [5.41, 5.74) is 26.3. The summed E-state index contributed by atoms with van der Waals surface area (Å²) < 4.78 is 30.4. The van der Waals surface area contributed by atoms with Crippen LogP contribution in [0.25, 0.3) is 228 Å². The zero-order valence-corrected chi connectivity index (χ0v) is 65.6. The highest BCUT2D eigenvalue weighted by Gasteiger charge is 2.28. The van der Waals surface area contributed by atoms with Crippen molar-refractivity contribution in [2.24, 2.45) is 0 Å². The molecule has 26 aromatic rings. The number of aromatic nitrogens is 13. The third-order valence-electron chi connectivity index (χ3n) is 23.3. The summed E-state index contributed by atoms with van der Waals surface area (Å²) in [7, 11) is 0. The van der Waals surface area contributed by atoms with Crippen LogP contribution in [0, 0.1) is 0 Å². The van der Waals surface area contributed by atoms with Gasteiger partial charge in [-0.3, -0.25) is 19.9 Å². The van der Waals surface area contributed by atoms with Crippen molar-refractivity contribution in [1.82, 2.24) is 58.3 Å². The van der Waals surface area contributed by atoms with Crippen molar-refractivity contribution in [3.05, 3.63) is 401 Å². The normalized spacial score (nSPS) is 11.7. The Bertz CT molecular complexity index is 8590. The second kappa shape index (κ2) is 28.9. The highest BCUT2D eigenvalue weighted by molar-refractivity contribution is 6.22. The first-order valence-electron chi connectivity index (χ1n) is 40.7. The van der Waals surface area contributed by atoms with E-state index in [-0.39, 0.29) is 0 Å². The van der Waals surface area contributed by atoms with E-state index in [9.17, 15) is 0 Å². The fourth-order valence-electron chi connectivity index (χ4n) is 17.7. The van der Waals surface area contributed by atoms with E-state index in [0.717, 1.165) is 210 Å². The molecule has 11 aromatic heterocycles. The first kappa shape index (κ1) is 70.1. The van der Waals surface area contributed by atoms with Crippen molar-refractivity contribution in [3.63, 3.8) is 0 Å². The maximum atomic E-state index is 6.50. The number of para-hydroxylation sites is 5. The fraction of sp³-hybridized carbons (Fsp3) is 0. The van der Waals surface area contributed by atoms with Crippen LogP contribution in [0.1, 0.15) is 0 Å². The van der Waals surface area contributed by atoms with E-state index in [1.807, 2.05) is 181 Å². The molecule has 123 heavy (non-hydrogen) atoms. The number of benzene rings is 15. The van der Waals surface area contributed by atoms with Crippen LogP contribution in [-0.2, 0) is 0 Å². The summed E-state index contributed by atoms with van der Waals surface area (Å²) in [6.07, 6.45) is 9.40. The lowest BCUT2D eigenvalue weighted by Crippen LogP contribution is -2.35. The van der Waals surface area contributed by atoms with Gasteiger partial charge in [0.2, 0.25) is 24.0 Å². The fourth-order valence-corrected chi connectivity index (χ4v) is 17.7. The first-order valence-corrected chi connectivity index (χ1v) is 40.7. The Balaban J connectivity index is 0.000000105. The standard InChI is InChI=1S/C39H26N5O.C37H22N4O.C31H18N4O/c1-4-13-27(14-5-1)38-41-33-23-24-35-36(37(33)45-38)32-21-10-11-22-34(32)43(35)31-20-12-15-28(25-31)39-42(29-16-6-2-7-17-29)26-40-44(39)30-18-8-3-9-19-30;1-2-8-24(9-3-1)37-40-30-17-18-32-33(36(30)42-37)29-13-4-5-14-31(29)41(32)28-12-6-10-25(21-28)27-20-26-16-15-23-11-7-19-38-34(23)35(26)39-22-27;1-2-7-20(8-3-1)31-34-24-14-15-26-27(30(24)36-31)23-10-4-5-11-25(23)35(26)22-17-21-13-12-19-9-6-16-32-28(19)29(21)33-18-22/h1-26H;1-22H;1-18H/q+1;;. The summed E-state index contributed by atoms with van der Waals surface area (Å²) in [5.74, 6) is 2.84. The van der Waals surface area contributed by atoms with Gasteiger partial charge in [-0.2, -0.15) is 4.57 Å². The molecule has 16 nitrogen and oxygen atoms in total. The molecule has 576 valence electrons. The van der Waals surface area contributed by atoms with Gasteiger partial charge < -0.3 is 27.0 Å². The average Bonchev–Trinajstić information content (AvgIpc) is 1.58. The molecule has 0 aliphatic rings. The molecule has 0 aliphatic heterocycles. The third-order valence-corrected chi connectivity index (χ3v) is 23.3. The van der Waals surface area contributed by atoms with E-state index in [2.05, 4.69) is 253 Å². The summed E-state index contributed by atoms with van der Waals surface area (Å²) in [5, 5.41) is 15.7. The van der Waals surface area contributed by atoms with E-state index in [4.69, 9.17) is 43.3 Å². The molecule has 0 unspecified atom stereocenters. The highest BCUT2D eigenvalue weighted by atomic mass is 16.4. The van der Waals surface area contributed by atoms with E-state index in [0.29, 0.717) is 17.7 Å².